The van der Waals surface area contributed by atoms with Crippen LogP contribution in [0.3, 0.4) is 0 Å². The van der Waals surface area contributed by atoms with Crippen LogP contribution in [0.5, 0.6) is 5.75 Å². The lowest BCUT2D eigenvalue weighted by Gasteiger charge is -2.18. The molecule has 0 aliphatic heterocycles. The molecule has 2 heterocycles. The highest BCUT2D eigenvalue weighted by molar-refractivity contribution is 7.17. The minimum Gasteiger partial charge on any atom is -0.489 e. The fourth-order valence-corrected chi connectivity index (χ4v) is 4.63. The first kappa shape index (κ1) is 26.0. The number of anilines is 2. The molecule has 0 aliphatic carbocycles. The van der Waals surface area contributed by atoms with Crippen LogP contribution >= 0.6 is 22.9 Å². The number of amides is 1. The number of hydrogen-bond donors (Lipinski definition) is 1. The Hall–Kier alpha value is -3.62. The van der Waals surface area contributed by atoms with Crippen LogP contribution in [0.1, 0.15) is 40.6 Å². The first-order valence-corrected chi connectivity index (χ1v) is 11.7. The Labute approximate surface area is 213 Å². The third-order valence-electron chi connectivity index (χ3n) is 5.19. The van der Waals surface area contributed by atoms with Crippen LogP contribution in [0, 0.1) is 0 Å². The van der Waals surface area contributed by atoms with Crippen LogP contribution in [-0.2, 0) is 11.3 Å². The van der Waals surface area contributed by atoms with Gasteiger partial charge in [0.1, 0.15) is 18.2 Å². The molecule has 1 amide bonds. The van der Waals surface area contributed by atoms with Crippen molar-refractivity contribution in [2.24, 2.45) is 0 Å². The molecule has 2 aromatic heterocycles. The number of halogens is 1. The summed E-state index contributed by atoms with van der Waals surface area (Å²) in [4.78, 5) is 30.9. The Morgan fingerprint density at radius 3 is 2.63 bits per heavy atom. The first-order chi connectivity index (χ1) is 16.4. The average Bonchev–Trinajstić information content (AvgIpc) is 3.28. The largest absolute Gasteiger partial charge is 0.489 e. The molecular formula is C26H26ClN3O4S. The zero-order valence-corrected chi connectivity index (χ0v) is 20.2. The predicted octanol–water partition coefficient (Wildman–Crippen LogP) is 6.20. The van der Waals surface area contributed by atoms with E-state index >= 15 is 0 Å². The maximum atomic E-state index is 13.0. The van der Waals surface area contributed by atoms with Crippen molar-refractivity contribution in [3.8, 4) is 5.75 Å². The van der Waals surface area contributed by atoms with Gasteiger partial charge in [-0.3, -0.25) is 4.79 Å². The van der Waals surface area contributed by atoms with Crippen LogP contribution < -0.4 is 15.4 Å². The summed E-state index contributed by atoms with van der Waals surface area (Å²) in [5.74, 6) is 0.228. The van der Waals surface area contributed by atoms with E-state index in [2.05, 4.69) is 4.98 Å². The van der Waals surface area contributed by atoms with Gasteiger partial charge in [0.25, 0.3) is 5.91 Å². The number of thiophene rings is 1. The molecule has 182 valence electrons. The van der Waals surface area contributed by atoms with E-state index in [9.17, 15) is 9.59 Å². The van der Waals surface area contributed by atoms with E-state index < -0.39 is 5.97 Å². The molecule has 2 aromatic carbocycles. The summed E-state index contributed by atoms with van der Waals surface area (Å²) in [7, 11) is 1.70. The van der Waals surface area contributed by atoms with Gasteiger partial charge in [-0.1, -0.05) is 25.1 Å². The van der Waals surface area contributed by atoms with E-state index in [1.807, 2.05) is 5.38 Å². The second kappa shape index (κ2) is 11.2. The summed E-state index contributed by atoms with van der Waals surface area (Å²) >= 11 is 7.32. The fraction of sp³-hybridized carbons (Fsp3) is 0.192. The van der Waals surface area contributed by atoms with Crippen LogP contribution in [0.15, 0.2) is 60.1 Å². The molecule has 4 rings (SSSR count). The standard InChI is InChI=1S/C25H22ClN3O4S.CH4/c1-3-32-25(31)20-12-28-23(27)21-16(14-34-22(20)21)13-33-19-6-4-5-15(11-19)24(30)29(2)18-9-7-17(26)8-10-18;/h4-12,14H,3,13H2,1-2H3,(H2,27,28);1H4. The van der Waals surface area contributed by atoms with Gasteiger partial charge in [0, 0.05) is 40.5 Å². The van der Waals surface area contributed by atoms with Crippen LogP contribution in [-0.4, -0.2) is 30.5 Å². The van der Waals surface area contributed by atoms with Gasteiger partial charge in [0.05, 0.1) is 16.9 Å². The number of nitrogens with two attached hydrogens (primary N) is 1. The lowest BCUT2D eigenvalue weighted by Crippen LogP contribution is -2.26. The molecule has 0 spiro atoms. The molecule has 0 radical (unpaired) electrons. The highest BCUT2D eigenvalue weighted by Gasteiger charge is 2.19. The molecule has 0 aliphatic rings. The topological polar surface area (TPSA) is 94.7 Å². The summed E-state index contributed by atoms with van der Waals surface area (Å²) in [5, 5.41) is 3.16. The highest BCUT2D eigenvalue weighted by Crippen LogP contribution is 2.33. The quantitative estimate of drug-likeness (QED) is 0.297. The van der Waals surface area contributed by atoms with Crippen molar-refractivity contribution in [3.63, 3.8) is 0 Å². The Balaban J connectivity index is 0.00000342. The van der Waals surface area contributed by atoms with Crippen LogP contribution in [0.25, 0.3) is 10.1 Å². The minimum atomic E-state index is -0.440. The molecular weight excluding hydrogens is 486 g/mol. The molecule has 0 bridgehead atoms. The van der Waals surface area contributed by atoms with Gasteiger partial charge in [-0.25, -0.2) is 9.78 Å². The molecule has 35 heavy (non-hydrogen) atoms. The highest BCUT2D eigenvalue weighted by atomic mass is 35.5. The number of rotatable bonds is 7. The number of aromatic nitrogens is 1. The number of nitrogen functional groups attached to an aromatic ring is 1. The molecule has 0 saturated heterocycles. The van der Waals surface area contributed by atoms with Gasteiger partial charge < -0.3 is 20.1 Å². The SMILES string of the molecule is C.CCOC(=O)c1cnc(N)c2c(COc3cccc(C(=O)N(C)c4ccc(Cl)cc4)c3)csc12. The number of fused-ring (bicyclic) bond motifs is 1. The Kier molecular flexibility index (Phi) is 8.32. The van der Waals surface area contributed by atoms with Crippen LogP contribution in [0.2, 0.25) is 5.02 Å². The molecule has 0 saturated carbocycles. The summed E-state index contributed by atoms with van der Waals surface area (Å²) in [6.07, 6.45) is 1.43. The van der Waals surface area contributed by atoms with Gasteiger partial charge in [-0.2, -0.15) is 0 Å². The molecule has 4 aromatic rings. The number of pyridine rings is 1. The van der Waals surface area contributed by atoms with Gasteiger partial charge in [0.15, 0.2) is 0 Å². The lowest BCUT2D eigenvalue weighted by atomic mass is 10.1. The van der Waals surface area contributed by atoms with E-state index in [1.165, 1.54) is 17.5 Å². The van der Waals surface area contributed by atoms with Crippen molar-refractivity contribution in [1.29, 1.82) is 0 Å². The Bertz CT molecular complexity index is 1350. The second-order valence-corrected chi connectivity index (χ2v) is 8.72. The molecule has 7 nitrogen and oxygen atoms in total. The van der Waals surface area contributed by atoms with E-state index in [1.54, 1.807) is 67.4 Å². The summed E-state index contributed by atoms with van der Waals surface area (Å²) in [5.41, 5.74) is 8.49. The van der Waals surface area contributed by atoms with Crippen molar-refractivity contribution < 1.29 is 19.1 Å². The van der Waals surface area contributed by atoms with Gasteiger partial charge in [0.2, 0.25) is 0 Å². The molecule has 0 atom stereocenters. The zero-order valence-electron chi connectivity index (χ0n) is 18.6. The third-order valence-corrected chi connectivity index (χ3v) is 6.50. The number of esters is 1. The number of carbonyl (C=O) groups excluding carboxylic acids is 2. The van der Waals surface area contributed by atoms with Crippen molar-refractivity contribution in [2.75, 3.05) is 24.3 Å². The van der Waals surface area contributed by atoms with Crippen LogP contribution in [0.4, 0.5) is 11.5 Å². The van der Waals surface area contributed by atoms with Gasteiger partial charge in [-0.05, 0) is 54.8 Å². The normalized spacial score (nSPS) is 10.5. The second-order valence-electron chi connectivity index (χ2n) is 7.40. The monoisotopic (exact) mass is 511 g/mol. The van der Waals surface area contributed by atoms with E-state index in [-0.39, 0.29) is 26.5 Å². The zero-order chi connectivity index (χ0) is 24.2. The molecule has 0 unspecified atom stereocenters. The van der Waals surface area contributed by atoms with Gasteiger partial charge >= 0.3 is 5.97 Å². The molecule has 2 N–H and O–H groups in total. The predicted molar refractivity (Wildman–Crippen MR) is 142 cm³/mol. The molecule has 0 fully saturated rings. The van der Waals surface area contributed by atoms with Crippen molar-refractivity contribution in [1.82, 2.24) is 4.98 Å². The summed E-state index contributed by atoms with van der Waals surface area (Å²) in [6.45, 7) is 2.22. The fourth-order valence-electron chi connectivity index (χ4n) is 3.45. The van der Waals surface area contributed by atoms with Gasteiger partial charge in [-0.15, -0.1) is 11.3 Å². The first-order valence-electron chi connectivity index (χ1n) is 10.5. The third kappa shape index (κ3) is 5.55. The smallest absolute Gasteiger partial charge is 0.341 e. The average molecular weight is 512 g/mol. The number of ether oxygens (including phenoxy) is 2. The summed E-state index contributed by atoms with van der Waals surface area (Å²) < 4.78 is 11.8. The molecule has 9 heteroatoms. The lowest BCUT2D eigenvalue weighted by molar-refractivity contribution is 0.0528. The number of hydrogen-bond acceptors (Lipinski definition) is 7. The number of nitrogens with zero attached hydrogens (tertiary/aromatic N) is 2. The maximum Gasteiger partial charge on any atom is 0.341 e. The van der Waals surface area contributed by atoms with E-state index in [4.69, 9.17) is 26.8 Å². The minimum absolute atomic E-state index is 0. The van der Waals surface area contributed by atoms with E-state index in [0.717, 1.165) is 11.3 Å². The summed E-state index contributed by atoms with van der Waals surface area (Å²) in [6, 6.07) is 14.0. The number of carbonyl (C=O) groups is 2. The Morgan fingerprint density at radius 1 is 1.17 bits per heavy atom. The maximum absolute atomic E-state index is 13.0. The van der Waals surface area contributed by atoms with E-state index in [0.29, 0.717) is 37.8 Å². The van der Waals surface area contributed by atoms with Crippen molar-refractivity contribution >= 4 is 56.4 Å². The Morgan fingerprint density at radius 2 is 1.91 bits per heavy atom. The van der Waals surface area contributed by atoms with Crippen molar-refractivity contribution in [3.05, 3.63) is 81.8 Å². The van der Waals surface area contributed by atoms with Crippen molar-refractivity contribution in [2.45, 2.75) is 21.0 Å². The number of benzene rings is 2.